The van der Waals surface area contributed by atoms with Crippen LogP contribution in [0.2, 0.25) is 0 Å². The van der Waals surface area contributed by atoms with Gasteiger partial charge in [0.05, 0.1) is 7.11 Å². The molecule has 7 heteroatoms. The summed E-state index contributed by atoms with van der Waals surface area (Å²) in [5.41, 5.74) is 10.2. The number of nitrogens with two attached hydrogens (primary N) is 1. The Morgan fingerprint density at radius 3 is 2.69 bits per heavy atom. The van der Waals surface area contributed by atoms with Gasteiger partial charge in [-0.1, -0.05) is 36.4 Å². The van der Waals surface area contributed by atoms with E-state index in [0.29, 0.717) is 24.2 Å². The van der Waals surface area contributed by atoms with E-state index in [4.69, 9.17) is 10.5 Å². The number of allylic oxidation sites excluding steroid dienone is 3. The molecule has 166 valence electrons. The minimum absolute atomic E-state index is 0.295. The van der Waals surface area contributed by atoms with Crippen LogP contribution in [0.5, 0.6) is 0 Å². The van der Waals surface area contributed by atoms with E-state index in [0.717, 1.165) is 28.0 Å². The number of methoxy groups -OCH3 is 1. The molecule has 1 atom stereocenters. The summed E-state index contributed by atoms with van der Waals surface area (Å²) in [7, 11) is 1.33. The summed E-state index contributed by atoms with van der Waals surface area (Å²) in [6.45, 7) is 0. The van der Waals surface area contributed by atoms with E-state index in [1.54, 1.807) is 24.0 Å². The number of rotatable bonds is 8. The second-order valence-electron chi connectivity index (χ2n) is 7.30. The van der Waals surface area contributed by atoms with Gasteiger partial charge in [-0.2, -0.15) is 11.8 Å². The van der Waals surface area contributed by atoms with Gasteiger partial charge in [-0.05, 0) is 65.8 Å². The van der Waals surface area contributed by atoms with Crippen LogP contribution in [0.4, 0.5) is 5.82 Å². The van der Waals surface area contributed by atoms with Crippen molar-refractivity contribution in [2.45, 2.75) is 18.9 Å². The van der Waals surface area contributed by atoms with Gasteiger partial charge in [-0.25, -0.2) is 9.78 Å². The van der Waals surface area contributed by atoms with E-state index in [1.165, 1.54) is 7.11 Å². The van der Waals surface area contributed by atoms with Crippen LogP contribution in [0.1, 0.15) is 24.0 Å². The molecule has 2 aromatic rings. The lowest BCUT2D eigenvalue weighted by atomic mass is 9.87. The number of carbonyl (C=O) groups excluding carboxylic acids is 2. The molecule has 1 aromatic heterocycles. The zero-order chi connectivity index (χ0) is 22.9. The molecule has 0 spiro atoms. The Bertz CT molecular complexity index is 1060. The molecule has 0 saturated carbocycles. The van der Waals surface area contributed by atoms with E-state index in [2.05, 4.69) is 10.3 Å². The van der Waals surface area contributed by atoms with Crippen molar-refractivity contribution in [3.05, 3.63) is 83.1 Å². The fourth-order valence-electron chi connectivity index (χ4n) is 3.47. The number of carbonyl (C=O) groups is 2. The number of nitrogens with one attached hydrogen (secondary N) is 1. The fourth-order valence-corrected chi connectivity index (χ4v) is 3.94. The van der Waals surface area contributed by atoms with Crippen molar-refractivity contribution in [3.8, 4) is 0 Å². The number of benzene rings is 1. The zero-order valence-corrected chi connectivity index (χ0v) is 19.0. The van der Waals surface area contributed by atoms with Crippen molar-refractivity contribution < 1.29 is 14.3 Å². The van der Waals surface area contributed by atoms with Crippen LogP contribution < -0.4 is 11.1 Å². The van der Waals surface area contributed by atoms with Crippen molar-refractivity contribution >= 4 is 41.1 Å². The van der Waals surface area contributed by atoms with E-state index in [-0.39, 0.29) is 5.91 Å². The molecular formula is C25H27N3O3S. The number of aromatic nitrogens is 1. The van der Waals surface area contributed by atoms with Gasteiger partial charge in [0.25, 0.3) is 5.91 Å². The summed E-state index contributed by atoms with van der Waals surface area (Å²) >= 11 is 1.61. The van der Waals surface area contributed by atoms with E-state index >= 15 is 0 Å². The normalized spacial score (nSPS) is 15.5. The minimum atomic E-state index is -0.690. The molecule has 0 aliphatic heterocycles. The first-order valence-electron chi connectivity index (χ1n) is 10.3. The van der Waals surface area contributed by atoms with Gasteiger partial charge in [-0.3, -0.25) is 4.79 Å². The highest BCUT2D eigenvalue weighted by molar-refractivity contribution is 7.98. The van der Waals surface area contributed by atoms with Gasteiger partial charge in [-0.15, -0.1) is 0 Å². The molecule has 3 rings (SSSR count). The van der Waals surface area contributed by atoms with Crippen molar-refractivity contribution in [2.24, 2.45) is 0 Å². The summed E-state index contributed by atoms with van der Waals surface area (Å²) in [4.78, 5) is 29.5. The maximum Gasteiger partial charge on any atom is 0.328 e. The number of nitrogen functional groups attached to an aromatic ring is 1. The van der Waals surface area contributed by atoms with Crippen molar-refractivity contribution in [2.75, 3.05) is 24.9 Å². The Morgan fingerprint density at radius 2 is 2.00 bits per heavy atom. The topological polar surface area (TPSA) is 94.3 Å². The molecule has 0 bridgehead atoms. The Labute approximate surface area is 192 Å². The number of amides is 1. The lowest BCUT2D eigenvalue weighted by molar-refractivity contribution is -0.144. The second-order valence-corrected chi connectivity index (χ2v) is 8.28. The monoisotopic (exact) mass is 449 g/mol. The van der Waals surface area contributed by atoms with Crippen LogP contribution in [0, 0.1) is 0 Å². The van der Waals surface area contributed by atoms with E-state index in [9.17, 15) is 9.59 Å². The highest BCUT2D eigenvalue weighted by Crippen LogP contribution is 2.33. The second kappa shape index (κ2) is 11.3. The SMILES string of the molecule is COC(=O)[C@H](CCSC)NC(=O)C1=C(c2ccccc2)CC(=Cc2cccnc2N)C=C1. The maximum atomic E-state index is 13.2. The van der Waals surface area contributed by atoms with Crippen LogP contribution in [0.3, 0.4) is 0 Å². The van der Waals surface area contributed by atoms with Gasteiger partial charge >= 0.3 is 5.97 Å². The number of esters is 1. The van der Waals surface area contributed by atoms with E-state index < -0.39 is 12.0 Å². The molecule has 1 aliphatic rings. The fraction of sp³-hybridized carbons (Fsp3) is 0.240. The Hall–Kier alpha value is -3.32. The number of nitrogens with zero attached hydrogens (tertiary/aromatic N) is 1. The molecule has 1 aliphatic carbocycles. The molecule has 1 amide bonds. The zero-order valence-electron chi connectivity index (χ0n) is 18.2. The number of hydrogen-bond donors (Lipinski definition) is 2. The highest BCUT2D eigenvalue weighted by atomic mass is 32.2. The lowest BCUT2D eigenvalue weighted by Gasteiger charge is -2.21. The molecule has 1 aromatic carbocycles. The van der Waals surface area contributed by atoms with Crippen LogP contribution >= 0.6 is 11.8 Å². The molecule has 1 heterocycles. The molecule has 0 fully saturated rings. The van der Waals surface area contributed by atoms with Crippen LogP contribution in [0.25, 0.3) is 11.6 Å². The first kappa shape index (κ1) is 23.3. The third-order valence-corrected chi connectivity index (χ3v) is 5.79. The Balaban J connectivity index is 1.93. The van der Waals surface area contributed by atoms with Gasteiger partial charge in [0, 0.05) is 17.3 Å². The molecule has 0 unspecified atom stereocenters. The number of thioether (sulfide) groups is 1. The molecule has 3 N–H and O–H groups in total. The lowest BCUT2D eigenvalue weighted by Crippen LogP contribution is -2.42. The molecule has 32 heavy (non-hydrogen) atoms. The number of ether oxygens (including phenoxy) is 1. The third kappa shape index (κ3) is 5.88. The van der Waals surface area contributed by atoms with Gasteiger partial charge in [0.2, 0.25) is 0 Å². The Morgan fingerprint density at radius 1 is 1.22 bits per heavy atom. The van der Waals surface area contributed by atoms with Crippen LogP contribution in [-0.2, 0) is 14.3 Å². The molecular weight excluding hydrogens is 422 g/mol. The smallest absolute Gasteiger partial charge is 0.328 e. The van der Waals surface area contributed by atoms with Crippen molar-refractivity contribution in [1.82, 2.24) is 10.3 Å². The van der Waals surface area contributed by atoms with Crippen LogP contribution in [-0.4, -0.2) is 42.0 Å². The highest BCUT2D eigenvalue weighted by Gasteiger charge is 2.25. The molecule has 0 radical (unpaired) electrons. The number of pyridine rings is 1. The summed E-state index contributed by atoms with van der Waals surface area (Å²) < 4.78 is 4.88. The van der Waals surface area contributed by atoms with Gasteiger partial charge in [0.1, 0.15) is 11.9 Å². The summed E-state index contributed by atoms with van der Waals surface area (Å²) in [6.07, 6.45) is 10.3. The molecule has 0 saturated heterocycles. The third-order valence-electron chi connectivity index (χ3n) is 5.15. The van der Waals surface area contributed by atoms with Crippen molar-refractivity contribution in [3.63, 3.8) is 0 Å². The largest absolute Gasteiger partial charge is 0.467 e. The van der Waals surface area contributed by atoms with Gasteiger partial charge < -0.3 is 15.8 Å². The minimum Gasteiger partial charge on any atom is -0.467 e. The van der Waals surface area contributed by atoms with Crippen LogP contribution in [0.15, 0.2) is 72.0 Å². The van der Waals surface area contributed by atoms with E-state index in [1.807, 2.05) is 60.9 Å². The summed E-state index contributed by atoms with van der Waals surface area (Å²) in [5, 5.41) is 2.86. The predicted molar refractivity (Wildman–Crippen MR) is 131 cm³/mol. The first-order valence-corrected chi connectivity index (χ1v) is 11.7. The first-order chi connectivity index (χ1) is 15.5. The predicted octanol–water partition coefficient (Wildman–Crippen LogP) is 3.87. The standard InChI is InChI=1S/C25H27N3O3S/c1-31-25(30)22(12-14-32-2)28-24(29)20-11-10-17(15-19-9-6-13-27-23(19)26)16-21(20)18-7-4-3-5-8-18/h3-11,13,15,22H,12,14,16H2,1-2H3,(H2,26,27)(H,28,29)/t22-/m0/s1. The number of anilines is 1. The Kier molecular flexibility index (Phi) is 8.27. The summed E-state index contributed by atoms with van der Waals surface area (Å²) in [5.74, 6) is 0.454. The van der Waals surface area contributed by atoms with Crippen molar-refractivity contribution in [1.29, 1.82) is 0 Å². The average molecular weight is 450 g/mol. The number of hydrogen-bond acceptors (Lipinski definition) is 6. The molecule has 6 nitrogen and oxygen atoms in total. The average Bonchev–Trinajstić information content (AvgIpc) is 2.83. The quantitative estimate of drug-likeness (QED) is 0.594. The van der Waals surface area contributed by atoms with Gasteiger partial charge in [0.15, 0.2) is 0 Å². The maximum absolute atomic E-state index is 13.2. The summed E-state index contributed by atoms with van der Waals surface area (Å²) in [6, 6.07) is 12.8.